The molecule has 0 bridgehead atoms. The summed E-state index contributed by atoms with van der Waals surface area (Å²) in [5.41, 5.74) is 1.02. The first-order valence-electron chi connectivity index (χ1n) is 12.4. The first-order valence-corrected chi connectivity index (χ1v) is 12.7. The van der Waals surface area contributed by atoms with Gasteiger partial charge in [-0.3, -0.25) is 14.5 Å². The SMILES string of the molecule is O=C1C2=C(CC3=CCC=CC3=C2)C(=O)N1CCC(F)(C/C(=N/O)c1ccc(-c2ccccc2)c(Cl)c1)C(=O)O. The van der Waals surface area contributed by atoms with Crippen LogP contribution < -0.4 is 0 Å². The molecule has 3 aliphatic rings. The zero-order valence-corrected chi connectivity index (χ0v) is 21.5. The topological polar surface area (TPSA) is 107 Å². The van der Waals surface area contributed by atoms with Crippen LogP contribution in [-0.2, 0) is 14.4 Å². The molecule has 2 amide bonds. The first kappa shape index (κ1) is 26.3. The van der Waals surface area contributed by atoms with Gasteiger partial charge < -0.3 is 10.3 Å². The van der Waals surface area contributed by atoms with Crippen molar-refractivity contribution >= 4 is 35.1 Å². The largest absolute Gasteiger partial charge is 0.479 e. The molecule has 39 heavy (non-hydrogen) atoms. The fourth-order valence-corrected chi connectivity index (χ4v) is 5.32. The molecular formula is C30H24ClFN2O5. The van der Waals surface area contributed by atoms with Crippen LogP contribution in [0.4, 0.5) is 4.39 Å². The van der Waals surface area contributed by atoms with Crippen molar-refractivity contribution in [3.05, 3.63) is 106 Å². The van der Waals surface area contributed by atoms with Gasteiger partial charge in [-0.1, -0.05) is 77.4 Å². The molecular weight excluding hydrogens is 523 g/mol. The molecule has 2 aliphatic carbocycles. The molecule has 1 aliphatic heterocycles. The number of aliphatic carboxylic acids is 1. The van der Waals surface area contributed by atoms with Gasteiger partial charge in [0.15, 0.2) is 0 Å². The van der Waals surface area contributed by atoms with Gasteiger partial charge in [-0.2, -0.15) is 0 Å². The summed E-state index contributed by atoms with van der Waals surface area (Å²) in [5, 5.41) is 22.9. The molecule has 0 spiro atoms. The number of oxime groups is 1. The van der Waals surface area contributed by atoms with Crippen molar-refractivity contribution in [2.75, 3.05) is 6.54 Å². The van der Waals surface area contributed by atoms with E-state index in [9.17, 15) is 24.7 Å². The zero-order chi connectivity index (χ0) is 27.7. The summed E-state index contributed by atoms with van der Waals surface area (Å²) in [6.07, 6.45) is 7.03. The molecule has 1 atom stereocenters. The Kier molecular flexibility index (Phi) is 7.06. The van der Waals surface area contributed by atoms with Crippen molar-refractivity contribution in [1.82, 2.24) is 4.90 Å². The molecule has 5 rings (SSSR count). The number of hydrogen-bond acceptors (Lipinski definition) is 5. The Labute approximate surface area is 228 Å². The molecule has 0 saturated carbocycles. The minimum absolute atomic E-state index is 0.231. The van der Waals surface area contributed by atoms with Crippen LogP contribution in [0.5, 0.6) is 0 Å². The average molecular weight is 547 g/mol. The molecule has 0 saturated heterocycles. The maximum absolute atomic E-state index is 15.9. The van der Waals surface area contributed by atoms with E-state index in [1.165, 1.54) is 6.07 Å². The Morgan fingerprint density at radius 1 is 1.13 bits per heavy atom. The lowest BCUT2D eigenvalue weighted by Gasteiger charge is -2.24. The van der Waals surface area contributed by atoms with Crippen LogP contribution >= 0.6 is 11.6 Å². The molecule has 1 unspecified atom stereocenters. The van der Waals surface area contributed by atoms with Gasteiger partial charge in [-0.25, -0.2) is 9.18 Å². The van der Waals surface area contributed by atoms with Crippen LogP contribution in [0, 0.1) is 0 Å². The van der Waals surface area contributed by atoms with Crippen LogP contribution in [-0.4, -0.2) is 50.9 Å². The molecule has 0 aromatic heterocycles. The van der Waals surface area contributed by atoms with Crippen molar-refractivity contribution in [2.24, 2.45) is 5.16 Å². The van der Waals surface area contributed by atoms with E-state index in [0.717, 1.165) is 28.0 Å². The molecule has 9 heteroatoms. The number of carboxylic acid groups (broad SMARTS) is 1. The second kappa shape index (κ2) is 10.5. The number of rotatable bonds is 8. The Bertz CT molecular complexity index is 1540. The average Bonchev–Trinajstić information content (AvgIpc) is 3.17. The van der Waals surface area contributed by atoms with Gasteiger partial charge in [-0.15, -0.1) is 0 Å². The monoisotopic (exact) mass is 546 g/mol. The van der Waals surface area contributed by atoms with E-state index in [0.29, 0.717) is 22.6 Å². The Balaban J connectivity index is 1.32. The molecule has 1 heterocycles. The van der Waals surface area contributed by atoms with Gasteiger partial charge in [-0.05, 0) is 35.3 Å². The van der Waals surface area contributed by atoms with Crippen LogP contribution in [0.15, 0.2) is 100 Å². The Hall–Kier alpha value is -4.30. The quantitative estimate of drug-likeness (QED) is 0.193. The highest BCUT2D eigenvalue weighted by Gasteiger charge is 2.45. The number of halogens is 2. The molecule has 0 radical (unpaired) electrons. The van der Waals surface area contributed by atoms with E-state index in [1.807, 2.05) is 48.6 Å². The summed E-state index contributed by atoms with van der Waals surface area (Å²) in [4.78, 5) is 39.0. The van der Waals surface area contributed by atoms with Gasteiger partial charge in [0.25, 0.3) is 11.8 Å². The highest BCUT2D eigenvalue weighted by molar-refractivity contribution is 6.33. The number of carbonyl (C=O) groups excluding carboxylic acids is 2. The molecule has 2 aromatic carbocycles. The van der Waals surface area contributed by atoms with Crippen LogP contribution in [0.1, 0.15) is 31.2 Å². The molecule has 0 fully saturated rings. The minimum atomic E-state index is -2.92. The van der Waals surface area contributed by atoms with Gasteiger partial charge >= 0.3 is 5.97 Å². The summed E-state index contributed by atoms with van der Waals surface area (Å²) < 4.78 is 15.9. The number of allylic oxidation sites excluding steroid dienone is 5. The van der Waals surface area contributed by atoms with Gasteiger partial charge in [0.2, 0.25) is 5.67 Å². The second-order valence-electron chi connectivity index (χ2n) is 9.60. The maximum Gasteiger partial charge on any atom is 0.341 e. The number of fused-ring (bicyclic) bond motifs is 1. The summed E-state index contributed by atoms with van der Waals surface area (Å²) in [6.45, 7) is -0.446. The number of alkyl halides is 1. The van der Waals surface area contributed by atoms with E-state index in [2.05, 4.69) is 5.16 Å². The van der Waals surface area contributed by atoms with Crippen LogP contribution in [0.2, 0.25) is 5.02 Å². The summed E-state index contributed by atoms with van der Waals surface area (Å²) in [6, 6.07) is 14.0. The summed E-state index contributed by atoms with van der Waals surface area (Å²) in [5.74, 6) is -2.92. The number of carbonyl (C=O) groups is 3. The van der Waals surface area contributed by atoms with Crippen molar-refractivity contribution in [3.8, 4) is 11.1 Å². The van der Waals surface area contributed by atoms with Gasteiger partial charge in [0.05, 0.1) is 5.71 Å². The fourth-order valence-electron chi connectivity index (χ4n) is 5.03. The molecule has 2 N–H and O–H groups in total. The molecule has 198 valence electrons. The zero-order valence-electron chi connectivity index (χ0n) is 20.7. The van der Waals surface area contributed by atoms with E-state index in [1.54, 1.807) is 18.2 Å². The highest BCUT2D eigenvalue weighted by atomic mass is 35.5. The highest BCUT2D eigenvalue weighted by Crippen LogP contribution is 2.38. The number of hydrogen-bond donors (Lipinski definition) is 2. The Morgan fingerprint density at radius 2 is 1.90 bits per heavy atom. The fraction of sp³-hybridized carbons (Fsp3) is 0.200. The second-order valence-corrected chi connectivity index (χ2v) is 10.0. The third-order valence-electron chi connectivity index (χ3n) is 7.21. The molecule has 7 nitrogen and oxygen atoms in total. The third kappa shape index (κ3) is 4.95. The Morgan fingerprint density at radius 3 is 2.59 bits per heavy atom. The third-order valence-corrected chi connectivity index (χ3v) is 7.52. The number of amides is 2. The lowest BCUT2D eigenvalue weighted by atomic mass is 9.86. The first-order chi connectivity index (χ1) is 18.7. The van der Waals surface area contributed by atoms with Gasteiger partial charge in [0, 0.05) is 53.1 Å². The van der Waals surface area contributed by atoms with E-state index in [4.69, 9.17) is 11.6 Å². The van der Waals surface area contributed by atoms with E-state index >= 15 is 4.39 Å². The number of nitrogens with zero attached hydrogens (tertiary/aromatic N) is 2. The lowest BCUT2D eigenvalue weighted by Crippen LogP contribution is -2.42. The van der Waals surface area contributed by atoms with Crippen molar-refractivity contribution in [2.45, 2.75) is 31.4 Å². The molecule has 2 aromatic rings. The van der Waals surface area contributed by atoms with E-state index < -0.39 is 42.8 Å². The van der Waals surface area contributed by atoms with Crippen molar-refractivity contribution in [1.29, 1.82) is 0 Å². The van der Waals surface area contributed by atoms with Crippen LogP contribution in [0.3, 0.4) is 0 Å². The van der Waals surface area contributed by atoms with Gasteiger partial charge in [0.1, 0.15) is 0 Å². The lowest BCUT2D eigenvalue weighted by molar-refractivity contribution is -0.152. The summed E-state index contributed by atoms with van der Waals surface area (Å²) in [7, 11) is 0. The predicted molar refractivity (Wildman–Crippen MR) is 144 cm³/mol. The standard InChI is InChI=1S/C30H24ClFN2O5/c31-25-16-21(10-11-22(25)18-6-2-1-3-7-18)26(33-39)17-30(32,29(37)38)12-13-34-27(35)23-14-19-8-4-5-9-20(19)15-24(23)28(34)36/h1-4,6-11,14,16,39H,5,12-13,15,17H2,(H,37,38)/b33-26-. The van der Waals surface area contributed by atoms with E-state index in [-0.39, 0.29) is 16.8 Å². The summed E-state index contributed by atoms with van der Waals surface area (Å²) >= 11 is 6.44. The predicted octanol–water partition coefficient (Wildman–Crippen LogP) is 5.64. The minimum Gasteiger partial charge on any atom is -0.479 e. The van der Waals surface area contributed by atoms with Crippen molar-refractivity contribution in [3.63, 3.8) is 0 Å². The van der Waals surface area contributed by atoms with Crippen LogP contribution in [0.25, 0.3) is 11.1 Å². The van der Waals surface area contributed by atoms with Crippen molar-refractivity contribution < 1.29 is 29.1 Å². The maximum atomic E-state index is 15.9. The number of carboxylic acids is 1. The number of benzene rings is 2. The normalized spacial score (nSPS) is 18.4. The number of imide groups is 1. The smallest absolute Gasteiger partial charge is 0.341 e.